The smallest absolute Gasteiger partial charge is 0.410 e. The minimum Gasteiger partial charge on any atom is -0.478 e. The van der Waals surface area contributed by atoms with Crippen LogP contribution in [-0.4, -0.2) is 58.6 Å². The first-order chi connectivity index (χ1) is 11.8. The third kappa shape index (κ3) is 6.26. The van der Waals surface area contributed by atoms with E-state index >= 15 is 0 Å². The van der Waals surface area contributed by atoms with E-state index in [-0.39, 0.29) is 12.2 Å². The number of likely N-dealkylation sites (tertiary alicyclic amines) is 1. The summed E-state index contributed by atoms with van der Waals surface area (Å²) in [7, 11) is 0. The van der Waals surface area contributed by atoms with Crippen LogP contribution in [0.25, 0.3) is 0 Å². The van der Waals surface area contributed by atoms with Crippen molar-refractivity contribution in [2.24, 2.45) is 0 Å². The minimum atomic E-state index is -0.477. The molecule has 0 aliphatic carbocycles. The SMILES string of the molecule is CCOc1cc(OC2CCN(C(=O)OC(C)(C)C)CC2)nc(SC)n1. The lowest BCUT2D eigenvalue weighted by Crippen LogP contribution is -2.44. The van der Waals surface area contributed by atoms with Crippen LogP contribution in [-0.2, 0) is 4.74 Å². The van der Waals surface area contributed by atoms with Gasteiger partial charge in [-0.1, -0.05) is 11.8 Å². The lowest BCUT2D eigenvalue weighted by atomic mass is 10.1. The largest absolute Gasteiger partial charge is 0.478 e. The van der Waals surface area contributed by atoms with E-state index in [0.29, 0.717) is 36.6 Å². The van der Waals surface area contributed by atoms with Crippen molar-refractivity contribution in [3.05, 3.63) is 6.07 Å². The monoisotopic (exact) mass is 369 g/mol. The van der Waals surface area contributed by atoms with Crippen LogP contribution in [0.3, 0.4) is 0 Å². The average Bonchev–Trinajstić information content (AvgIpc) is 2.54. The van der Waals surface area contributed by atoms with E-state index in [0.717, 1.165) is 12.8 Å². The van der Waals surface area contributed by atoms with E-state index < -0.39 is 5.60 Å². The number of hydrogen-bond donors (Lipinski definition) is 0. The molecule has 0 aromatic carbocycles. The Morgan fingerprint density at radius 2 is 1.92 bits per heavy atom. The van der Waals surface area contributed by atoms with Crippen molar-refractivity contribution in [1.82, 2.24) is 14.9 Å². The van der Waals surface area contributed by atoms with E-state index in [1.165, 1.54) is 11.8 Å². The van der Waals surface area contributed by atoms with Crippen LogP contribution in [0.2, 0.25) is 0 Å². The Balaban J connectivity index is 1.91. The summed E-state index contributed by atoms with van der Waals surface area (Å²) in [6.07, 6.45) is 3.13. The molecule has 7 nitrogen and oxygen atoms in total. The molecule has 25 heavy (non-hydrogen) atoms. The molecule has 1 aliphatic heterocycles. The number of ether oxygens (including phenoxy) is 3. The first-order valence-corrected chi connectivity index (χ1v) is 9.73. The van der Waals surface area contributed by atoms with Gasteiger partial charge in [-0.2, -0.15) is 9.97 Å². The van der Waals surface area contributed by atoms with E-state index in [1.807, 2.05) is 34.0 Å². The third-order valence-corrected chi connectivity index (χ3v) is 4.06. The number of nitrogens with zero attached hydrogens (tertiary/aromatic N) is 3. The summed E-state index contributed by atoms with van der Waals surface area (Å²) in [5.41, 5.74) is -0.477. The van der Waals surface area contributed by atoms with Gasteiger partial charge >= 0.3 is 6.09 Å². The van der Waals surface area contributed by atoms with Gasteiger partial charge < -0.3 is 19.1 Å². The molecule has 1 aliphatic rings. The molecule has 0 bridgehead atoms. The third-order valence-electron chi connectivity index (χ3n) is 3.51. The highest BCUT2D eigenvalue weighted by Crippen LogP contribution is 2.24. The molecule has 0 N–H and O–H groups in total. The molecule has 8 heteroatoms. The zero-order valence-corrected chi connectivity index (χ0v) is 16.4. The van der Waals surface area contributed by atoms with Crippen molar-refractivity contribution in [1.29, 1.82) is 0 Å². The molecule has 1 amide bonds. The molecular weight excluding hydrogens is 342 g/mol. The summed E-state index contributed by atoms with van der Waals surface area (Å²) in [6.45, 7) is 9.28. The minimum absolute atomic E-state index is 0.0118. The number of hydrogen-bond acceptors (Lipinski definition) is 7. The number of thioether (sulfide) groups is 1. The average molecular weight is 369 g/mol. The first kappa shape index (κ1) is 19.6. The van der Waals surface area contributed by atoms with E-state index in [9.17, 15) is 4.79 Å². The van der Waals surface area contributed by atoms with Crippen molar-refractivity contribution in [3.8, 4) is 11.8 Å². The Morgan fingerprint density at radius 3 is 2.48 bits per heavy atom. The van der Waals surface area contributed by atoms with Crippen molar-refractivity contribution >= 4 is 17.9 Å². The van der Waals surface area contributed by atoms with Gasteiger partial charge in [-0.15, -0.1) is 0 Å². The molecule has 1 saturated heterocycles. The first-order valence-electron chi connectivity index (χ1n) is 8.51. The fourth-order valence-corrected chi connectivity index (χ4v) is 2.77. The Kier molecular flexibility index (Phi) is 6.75. The highest BCUT2D eigenvalue weighted by Gasteiger charge is 2.28. The summed E-state index contributed by atoms with van der Waals surface area (Å²) in [5, 5.41) is 0.618. The Bertz CT molecular complexity index is 584. The molecule has 1 aromatic heterocycles. The topological polar surface area (TPSA) is 73.8 Å². The van der Waals surface area contributed by atoms with Crippen LogP contribution in [0, 0.1) is 0 Å². The Morgan fingerprint density at radius 1 is 1.28 bits per heavy atom. The van der Waals surface area contributed by atoms with Gasteiger partial charge in [0.2, 0.25) is 11.8 Å². The molecule has 0 radical (unpaired) electrons. The predicted molar refractivity (Wildman–Crippen MR) is 96.4 cm³/mol. The van der Waals surface area contributed by atoms with Crippen molar-refractivity contribution in [2.45, 2.75) is 57.4 Å². The fraction of sp³-hybridized carbons (Fsp3) is 0.706. The molecule has 2 rings (SSSR count). The number of aromatic nitrogens is 2. The van der Waals surface area contributed by atoms with Crippen molar-refractivity contribution in [2.75, 3.05) is 26.0 Å². The molecule has 1 fully saturated rings. The molecule has 0 spiro atoms. The Labute approximate surface area is 153 Å². The standard InChI is InChI=1S/C17H27N3O4S/c1-6-22-13-11-14(19-15(18-13)25-5)23-12-7-9-20(10-8-12)16(21)24-17(2,3)4/h11-12H,6-10H2,1-5H3. The highest BCUT2D eigenvalue weighted by molar-refractivity contribution is 7.98. The van der Waals surface area contributed by atoms with E-state index in [4.69, 9.17) is 14.2 Å². The molecule has 1 aromatic rings. The van der Waals surface area contributed by atoms with Crippen LogP contribution in [0.5, 0.6) is 11.8 Å². The van der Waals surface area contributed by atoms with Gasteiger partial charge in [0.15, 0.2) is 5.16 Å². The van der Waals surface area contributed by atoms with Gasteiger partial charge in [-0.25, -0.2) is 4.79 Å². The van der Waals surface area contributed by atoms with Gasteiger partial charge in [0, 0.05) is 25.9 Å². The molecule has 140 valence electrons. The number of piperidine rings is 1. The second-order valence-electron chi connectivity index (χ2n) is 6.75. The van der Waals surface area contributed by atoms with E-state index in [2.05, 4.69) is 9.97 Å². The molecular formula is C17H27N3O4S. The summed E-state index contributed by atoms with van der Waals surface area (Å²) in [6, 6.07) is 1.71. The molecule has 2 heterocycles. The summed E-state index contributed by atoms with van der Waals surface area (Å²) >= 11 is 1.44. The van der Waals surface area contributed by atoms with Gasteiger partial charge in [0.1, 0.15) is 11.7 Å². The number of carbonyl (C=O) groups excluding carboxylic acids is 1. The van der Waals surface area contributed by atoms with Crippen molar-refractivity contribution in [3.63, 3.8) is 0 Å². The summed E-state index contributed by atoms with van der Waals surface area (Å²) < 4.78 is 16.9. The van der Waals surface area contributed by atoms with Crippen LogP contribution in [0.15, 0.2) is 11.2 Å². The molecule has 0 saturated carbocycles. The van der Waals surface area contributed by atoms with Gasteiger partial charge in [-0.05, 0) is 34.0 Å². The maximum absolute atomic E-state index is 12.1. The number of carbonyl (C=O) groups is 1. The lowest BCUT2D eigenvalue weighted by Gasteiger charge is -2.33. The van der Waals surface area contributed by atoms with Crippen LogP contribution in [0.1, 0.15) is 40.5 Å². The number of rotatable bonds is 5. The van der Waals surface area contributed by atoms with Gasteiger partial charge in [-0.3, -0.25) is 0 Å². The quantitative estimate of drug-likeness (QED) is 0.582. The van der Waals surface area contributed by atoms with E-state index in [1.54, 1.807) is 11.0 Å². The van der Waals surface area contributed by atoms with Crippen LogP contribution in [0.4, 0.5) is 4.79 Å². The van der Waals surface area contributed by atoms with Gasteiger partial charge in [0.25, 0.3) is 0 Å². The fourth-order valence-electron chi connectivity index (χ4n) is 2.41. The predicted octanol–water partition coefficient (Wildman–Crippen LogP) is 3.38. The van der Waals surface area contributed by atoms with Crippen molar-refractivity contribution < 1.29 is 19.0 Å². The van der Waals surface area contributed by atoms with Gasteiger partial charge in [0.05, 0.1) is 12.7 Å². The maximum atomic E-state index is 12.1. The molecule has 0 unspecified atom stereocenters. The van der Waals surface area contributed by atoms with Crippen LogP contribution < -0.4 is 9.47 Å². The summed E-state index contributed by atoms with van der Waals surface area (Å²) in [4.78, 5) is 22.5. The van der Waals surface area contributed by atoms with Crippen LogP contribution >= 0.6 is 11.8 Å². The second kappa shape index (κ2) is 8.60. The maximum Gasteiger partial charge on any atom is 0.410 e. The zero-order valence-electron chi connectivity index (χ0n) is 15.6. The number of amides is 1. The summed E-state index contributed by atoms with van der Waals surface area (Å²) in [5.74, 6) is 1.03. The normalized spacial score (nSPS) is 15.8. The Hall–Kier alpha value is -1.70. The lowest BCUT2D eigenvalue weighted by molar-refractivity contribution is 0.0122. The zero-order chi connectivity index (χ0) is 18.4. The molecule has 0 atom stereocenters. The highest BCUT2D eigenvalue weighted by atomic mass is 32.2. The second-order valence-corrected chi connectivity index (χ2v) is 7.52.